The predicted molar refractivity (Wildman–Crippen MR) is 119 cm³/mol. The lowest BCUT2D eigenvalue weighted by atomic mass is 10.2. The topological polar surface area (TPSA) is 118 Å². The molecule has 4 heterocycles. The van der Waals surface area contributed by atoms with Crippen molar-refractivity contribution in [3.8, 4) is 11.6 Å². The maximum atomic E-state index is 13.0. The molecule has 4 rings (SSSR count). The van der Waals surface area contributed by atoms with Crippen molar-refractivity contribution < 1.29 is 18.7 Å². The van der Waals surface area contributed by atoms with Crippen LogP contribution in [-0.4, -0.2) is 49.5 Å². The number of carbonyl (C=O) groups excluding carboxylic acids is 2. The van der Waals surface area contributed by atoms with Gasteiger partial charge in [0.05, 0.1) is 18.1 Å². The maximum Gasteiger partial charge on any atom is 0.219 e. The van der Waals surface area contributed by atoms with Crippen LogP contribution in [0, 0.1) is 13.8 Å². The summed E-state index contributed by atoms with van der Waals surface area (Å²) in [6.07, 6.45) is 4.03. The largest absolute Gasteiger partial charge is 0.461 e. The summed E-state index contributed by atoms with van der Waals surface area (Å²) < 4.78 is 15.1. The van der Waals surface area contributed by atoms with E-state index >= 15 is 0 Å². The highest BCUT2D eigenvalue weighted by atomic mass is 32.2. The standard InChI is InChI=1S/C22H27N5O4S/c1-14-11-17(15(2)27(14)12-16-5-3-9-30-16)18(28)13-32-22-25-24-21(19-6-4-10-31-19)26(22)8-7-20(23)29/h4,6,10-11,16H,3,5,7-9,12-13H2,1-2H3,(H2,23,29). The van der Waals surface area contributed by atoms with Gasteiger partial charge in [-0.25, -0.2) is 0 Å². The molecule has 0 saturated carbocycles. The second-order valence-corrected chi connectivity index (χ2v) is 8.84. The van der Waals surface area contributed by atoms with Crippen LogP contribution in [0.2, 0.25) is 0 Å². The monoisotopic (exact) mass is 457 g/mol. The zero-order valence-corrected chi connectivity index (χ0v) is 19.1. The number of aryl methyl sites for hydroxylation is 1. The predicted octanol–water partition coefficient (Wildman–Crippen LogP) is 2.99. The van der Waals surface area contributed by atoms with Crippen LogP contribution in [-0.2, 0) is 22.6 Å². The Hall–Kier alpha value is -2.85. The molecule has 0 aliphatic carbocycles. The molecule has 1 unspecified atom stereocenters. The number of primary amides is 1. The molecule has 0 bridgehead atoms. The summed E-state index contributed by atoms with van der Waals surface area (Å²) in [6, 6.07) is 5.47. The van der Waals surface area contributed by atoms with Gasteiger partial charge >= 0.3 is 0 Å². The maximum absolute atomic E-state index is 13.0. The van der Waals surface area contributed by atoms with E-state index in [1.54, 1.807) is 23.0 Å². The van der Waals surface area contributed by atoms with Gasteiger partial charge in [0.25, 0.3) is 0 Å². The molecule has 2 N–H and O–H groups in total. The third-order valence-electron chi connectivity index (χ3n) is 5.66. The van der Waals surface area contributed by atoms with Gasteiger partial charge in [-0.05, 0) is 44.9 Å². The number of thioether (sulfide) groups is 1. The Bertz CT molecular complexity index is 1100. The summed E-state index contributed by atoms with van der Waals surface area (Å²) in [7, 11) is 0. The molecule has 0 spiro atoms. The number of aromatic nitrogens is 4. The number of furan rings is 1. The zero-order chi connectivity index (χ0) is 22.7. The summed E-state index contributed by atoms with van der Waals surface area (Å²) in [5, 5.41) is 8.96. The first-order valence-electron chi connectivity index (χ1n) is 10.6. The third kappa shape index (κ3) is 4.81. The van der Waals surface area contributed by atoms with Crippen LogP contribution in [0.1, 0.15) is 41.0 Å². The Morgan fingerprint density at radius 1 is 1.28 bits per heavy atom. The molecule has 0 radical (unpaired) electrons. The fraction of sp³-hybridized carbons (Fsp3) is 0.455. The number of nitrogens with two attached hydrogens (primary N) is 1. The molecule has 32 heavy (non-hydrogen) atoms. The Morgan fingerprint density at radius 3 is 2.81 bits per heavy atom. The van der Waals surface area contributed by atoms with Gasteiger partial charge in [-0.2, -0.15) is 0 Å². The molecule has 1 fully saturated rings. The van der Waals surface area contributed by atoms with Crippen molar-refractivity contribution in [3.63, 3.8) is 0 Å². The molecular weight excluding hydrogens is 430 g/mol. The van der Waals surface area contributed by atoms with Crippen molar-refractivity contribution in [3.05, 3.63) is 41.4 Å². The molecular formula is C22H27N5O4S. The summed E-state index contributed by atoms with van der Waals surface area (Å²) in [6.45, 7) is 5.88. The van der Waals surface area contributed by atoms with E-state index in [4.69, 9.17) is 14.9 Å². The highest BCUT2D eigenvalue weighted by Gasteiger charge is 2.22. The van der Waals surface area contributed by atoms with E-state index in [0.29, 0.717) is 28.8 Å². The van der Waals surface area contributed by atoms with Gasteiger partial charge in [-0.3, -0.25) is 14.2 Å². The molecule has 10 heteroatoms. The Kier molecular flexibility index (Phi) is 6.80. The summed E-state index contributed by atoms with van der Waals surface area (Å²) in [4.78, 5) is 24.4. The van der Waals surface area contributed by atoms with Gasteiger partial charge in [-0.15, -0.1) is 10.2 Å². The van der Waals surface area contributed by atoms with Crippen LogP contribution >= 0.6 is 11.8 Å². The van der Waals surface area contributed by atoms with E-state index in [1.807, 2.05) is 19.9 Å². The molecule has 1 aliphatic rings. The SMILES string of the molecule is Cc1cc(C(=O)CSc2nnc(-c3ccco3)n2CCC(N)=O)c(C)n1CC1CCCO1. The van der Waals surface area contributed by atoms with E-state index in [9.17, 15) is 9.59 Å². The van der Waals surface area contributed by atoms with Crippen LogP contribution in [0.3, 0.4) is 0 Å². The minimum absolute atomic E-state index is 0.0192. The number of ether oxygens (including phenoxy) is 1. The van der Waals surface area contributed by atoms with E-state index < -0.39 is 5.91 Å². The number of ketones is 1. The first kappa shape index (κ1) is 22.3. The second kappa shape index (κ2) is 9.74. The van der Waals surface area contributed by atoms with Gasteiger partial charge in [0.1, 0.15) is 0 Å². The van der Waals surface area contributed by atoms with Crippen molar-refractivity contribution in [1.82, 2.24) is 19.3 Å². The van der Waals surface area contributed by atoms with Crippen LogP contribution in [0.25, 0.3) is 11.6 Å². The Morgan fingerprint density at radius 2 is 2.12 bits per heavy atom. The molecule has 1 amide bonds. The number of nitrogens with zero attached hydrogens (tertiary/aromatic N) is 4. The number of hydrogen-bond acceptors (Lipinski definition) is 7. The van der Waals surface area contributed by atoms with Crippen LogP contribution in [0.15, 0.2) is 34.0 Å². The van der Waals surface area contributed by atoms with Crippen molar-refractivity contribution in [2.75, 3.05) is 12.4 Å². The van der Waals surface area contributed by atoms with E-state index in [-0.39, 0.29) is 24.1 Å². The van der Waals surface area contributed by atoms with Crippen molar-refractivity contribution in [2.24, 2.45) is 5.73 Å². The van der Waals surface area contributed by atoms with E-state index in [0.717, 1.165) is 37.4 Å². The molecule has 3 aromatic heterocycles. The van der Waals surface area contributed by atoms with Gasteiger partial charge in [-0.1, -0.05) is 11.8 Å². The van der Waals surface area contributed by atoms with Crippen LogP contribution in [0.5, 0.6) is 0 Å². The lowest BCUT2D eigenvalue weighted by molar-refractivity contribution is -0.118. The fourth-order valence-electron chi connectivity index (χ4n) is 3.97. The average molecular weight is 458 g/mol. The zero-order valence-electron chi connectivity index (χ0n) is 18.2. The first-order valence-corrected chi connectivity index (χ1v) is 11.6. The highest BCUT2D eigenvalue weighted by Crippen LogP contribution is 2.27. The summed E-state index contributed by atoms with van der Waals surface area (Å²) in [5.74, 6) is 0.844. The quantitative estimate of drug-likeness (QED) is 0.367. The minimum Gasteiger partial charge on any atom is -0.461 e. The van der Waals surface area contributed by atoms with Crippen molar-refractivity contribution in [1.29, 1.82) is 0 Å². The average Bonchev–Trinajstić information content (AvgIpc) is 3.55. The van der Waals surface area contributed by atoms with Gasteiger partial charge in [0.2, 0.25) is 5.91 Å². The van der Waals surface area contributed by atoms with E-state index in [1.165, 1.54) is 11.8 Å². The highest BCUT2D eigenvalue weighted by molar-refractivity contribution is 7.99. The van der Waals surface area contributed by atoms with Gasteiger partial charge in [0, 0.05) is 43.1 Å². The Balaban J connectivity index is 1.49. The van der Waals surface area contributed by atoms with Gasteiger partial charge < -0.3 is 19.5 Å². The van der Waals surface area contributed by atoms with E-state index in [2.05, 4.69) is 14.8 Å². The number of hydrogen-bond donors (Lipinski definition) is 1. The van der Waals surface area contributed by atoms with Crippen LogP contribution in [0.4, 0.5) is 0 Å². The summed E-state index contributed by atoms with van der Waals surface area (Å²) in [5.41, 5.74) is 8.05. The lowest BCUT2D eigenvalue weighted by Gasteiger charge is -2.14. The fourth-order valence-corrected chi connectivity index (χ4v) is 4.82. The molecule has 9 nitrogen and oxygen atoms in total. The molecule has 1 saturated heterocycles. The van der Waals surface area contributed by atoms with Gasteiger partial charge in [0.15, 0.2) is 22.5 Å². The smallest absolute Gasteiger partial charge is 0.219 e. The molecule has 3 aromatic rings. The summed E-state index contributed by atoms with van der Waals surface area (Å²) >= 11 is 1.29. The third-order valence-corrected chi connectivity index (χ3v) is 6.62. The molecule has 0 aromatic carbocycles. The normalized spacial score (nSPS) is 16.0. The first-order chi connectivity index (χ1) is 15.4. The number of rotatable bonds is 10. The molecule has 170 valence electrons. The molecule has 1 aliphatic heterocycles. The lowest BCUT2D eigenvalue weighted by Crippen LogP contribution is -2.17. The Labute approximate surface area is 190 Å². The second-order valence-electron chi connectivity index (χ2n) is 7.89. The molecule has 1 atom stereocenters. The minimum atomic E-state index is -0.421. The number of amides is 1. The number of carbonyl (C=O) groups is 2. The van der Waals surface area contributed by atoms with Crippen molar-refractivity contribution >= 4 is 23.5 Å². The van der Waals surface area contributed by atoms with Crippen molar-refractivity contribution in [2.45, 2.75) is 57.5 Å². The van der Waals surface area contributed by atoms with Crippen LogP contribution < -0.4 is 5.73 Å². The number of Topliss-reactive ketones (excluding diaryl/α,β-unsaturated/α-hetero) is 1.